The first-order valence-electron chi connectivity index (χ1n) is 13.1. The molecular weight excluding hydrogens is 476 g/mol. The van der Waals surface area contributed by atoms with E-state index in [-0.39, 0.29) is 17.4 Å². The van der Waals surface area contributed by atoms with Gasteiger partial charge >= 0.3 is 12.0 Å². The number of carboxylic acid groups (broad SMARTS) is 1. The number of nitrogens with zero attached hydrogens (tertiary/aromatic N) is 1. The van der Waals surface area contributed by atoms with Crippen LogP contribution in [0.25, 0.3) is 0 Å². The molecule has 2 amide bonds. The molecule has 6 nitrogen and oxygen atoms in total. The highest BCUT2D eigenvalue weighted by Gasteiger charge is 2.69. The standard InChI is InChI=1S/C29H39ClN2O4/c1-18-21-14-32(28-12-11-27(15-28,16-28)23(33)34)24(35)31-29(21,17-36-26(18,5)6)20-8-7-19(22(30)13-20)9-10-25(2,3)4/h7-8,13-14,18H,9-12,15-17H2,1-6H3,(H,31,35)(H,33,34)/t18-,27?,28?,29?/m0/s1. The summed E-state index contributed by atoms with van der Waals surface area (Å²) in [5.41, 5.74) is 1.03. The monoisotopic (exact) mass is 514 g/mol. The molecular formula is C29H39ClN2O4. The molecule has 7 heteroatoms. The first kappa shape index (κ1) is 25.6. The van der Waals surface area contributed by atoms with E-state index >= 15 is 0 Å². The number of carboxylic acids is 1. The Morgan fingerprint density at radius 2 is 1.94 bits per heavy atom. The highest BCUT2D eigenvalue weighted by Crippen LogP contribution is 2.65. The minimum absolute atomic E-state index is 0.0239. The zero-order valence-corrected chi connectivity index (χ0v) is 23.1. The summed E-state index contributed by atoms with van der Waals surface area (Å²) in [6.45, 7) is 13.3. The molecule has 5 aliphatic rings. The quantitative estimate of drug-likeness (QED) is 0.485. The first-order chi connectivity index (χ1) is 16.6. The van der Waals surface area contributed by atoms with Gasteiger partial charge in [-0.2, -0.15) is 0 Å². The smallest absolute Gasteiger partial charge is 0.322 e. The molecule has 2 atom stereocenters. The van der Waals surface area contributed by atoms with Gasteiger partial charge in [0, 0.05) is 17.1 Å². The maximum atomic E-state index is 13.7. The topological polar surface area (TPSA) is 78.9 Å². The van der Waals surface area contributed by atoms with Crippen LogP contribution in [0.3, 0.4) is 0 Å². The second-order valence-electron chi connectivity index (χ2n) is 13.4. The van der Waals surface area contributed by atoms with Crippen molar-refractivity contribution in [3.05, 3.63) is 46.1 Å². The Labute approximate surface area is 219 Å². The van der Waals surface area contributed by atoms with Gasteiger partial charge < -0.3 is 15.2 Å². The molecule has 2 aliphatic heterocycles. The molecule has 0 aromatic heterocycles. The van der Waals surface area contributed by atoms with Crippen molar-refractivity contribution in [3.8, 4) is 0 Å². The van der Waals surface area contributed by atoms with Crippen LogP contribution < -0.4 is 5.32 Å². The lowest BCUT2D eigenvalue weighted by atomic mass is 9.63. The SMILES string of the molecule is C[C@H]1C2=CN(C34CCC(C(=O)O)(C3)C4)C(=O)NC2(c2ccc(CCC(C)(C)C)c(Cl)c2)COC1(C)C. The average molecular weight is 515 g/mol. The largest absolute Gasteiger partial charge is 0.481 e. The van der Waals surface area contributed by atoms with Gasteiger partial charge in [0.05, 0.1) is 23.2 Å². The van der Waals surface area contributed by atoms with Gasteiger partial charge in [-0.05, 0) is 80.6 Å². The highest BCUT2D eigenvalue weighted by atomic mass is 35.5. The number of ether oxygens (including phenoxy) is 1. The third-order valence-corrected chi connectivity index (χ3v) is 9.88. The van der Waals surface area contributed by atoms with E-state index in [0.29, 0.717) is 37.3 Å². The van der Waals surface area contributed by atoms with Crippen LogP contribution in [0.5, 0.6) is 0 Å². The maximum Gasteiger partial charge on any atom is 0.322 e. The summed E-state index contributed by atoms with van der Waals surface area (Å²) in [6.07, 6.45) is 6.31. The van der Waals surface area contributed by atoms with E-state index in [1.165, 1.54) is 0 Å². The lowest BCUT2D eigenvalue weighted by Gasteiger charge is -2.57. The van der Waals surface area contributed by atoms with Gasteiger partial charge in [-0.25, -0.2) is 4.79 Å². The molecule has 2 bridgehead atoms. The van der Waals surface area contributed by atoms with Crippen LogP contribution in [0.4, 0.5) is 4.79 Å². The minimum Gasteiger partial charge on any atom is -0.481 e. The number of rotatable bonds is 5. The number of hydrogen-bond acceptors (Lipinski definition) is 3. The summed E-state index contributed by atoms with van der Waals surface area (Å²) in [5, 5.41) is 13.8. The predicted octanol–water partition coefficient (Wildman–Crippen LogP) is 6.27. The Bertz CT molecular complexity index is 1140. The fraction of sp³-hybridized carbons (Fsp3) is 0.655. The lowest BCUT2D eigenvalue weighted by molar-refractivity contribution is -0.156. The summed E-state index contributed by atoms with van der Waals surface area (Å²) in [7, 11) is 0. The van der Waals surface area contributed by atoms with E-state index in [4.69, 9.17) is 16.3 Å². The van der Waals surface area contributed by atoms with Crippen molar-refractivity contribution in [2.45, 2.75) is 96.7 Å². The molecule has 1 unspecified atom stereocenters. The minimum atomic E-state index is -0.808. The number of amides is 2. The van der Waals surface area contributed by atoms with Crippen molar-refractivity contribution in [2.24, 2.45) is 16.7 Å². The zero-order valence-electron chi connectivity index (χ0n) is 22.3. The van der Waals surface area contributed by atoms with Crippen LogP contribution in [0.1, 0.15) is 84.8 Å². The molecule has 0 radical (unpaired) electrons. The molecule has 0 spiro atoms. The van der Waals surface area contributed by atoms with Crippen LogP contribution in [0.15, 0.2) is 30.0 Å². The number of carbonyl (C=O) groups is 2. The van der Waals surface area contributed by atoms with Crippen molar-refractivity contribution in [3.63, 3.8) is 0 Å². The van der Waals surface area contributed by atoms with E-state index in [1.54, 1.807) is 0 Å². The van der Waals surface area contributed by atoms with E-state index in [0.717, 1.165) is 29.5 Å². The van der Waals surface area contributed by atoms with Crippen molar-refractivity contribution < 1.29 is 19.4 Å². The summed E-state index contributed by atoms with van der Waals surface area (Å²) in [4.78, 5) is 27.4. The fourth-order valence-electron chi connectivity index (χ4n) is 6.80. The van der Waals surface area contributed by atoms with Crippen molar-refractivity contribution in [1.82, 2.24) is 10.2 Å². The highest BCUT2D eigenvalue weighted by molar-refractivity contribution is 6.31. The lowest BCUT2D eigenvalue weighted by Crippen LogP contribution is -2.68. The van der Waals surface area contributed by atoms with Crippen LogP contribution >= 0.6 is 11.6 Å². The Morgan fingerprint density at radius 3 is 2.53 bits per heavy atom. The third-order valence-electron chi connectivity index (χ3n) is 9.53. The molecule has 6 rings (SSSR count). The molecule has 2 heterocycles. The van der Waals surface area contributed by atoms with Crippen LogP contribution in [-0.2, 0) is 21.5 Å². The fourth-order valence-corrected chi connectivity index (χ4v) is 7.07. The molecule has 1 saturated heterocycles. The third kappa shape index (κ3) is 3.78. The van der Waals surface area contributed by atoms with Gasteiger partial charge in [-0.1, -0.05) is 51.4 Å². The summed E-state index contributed by atoms with van der Waals surface area (Å²) in [5.74, 6) is -0.715. The number of carbonyl (C=O) groups excluding carboxylic acids is 1. The van der Waals surface area contributed by atoms with Gasteiger partial charge in [0.25, 0.3) is 0 Å². The van der Waals surface area contributed by atoms with Crippen LogP contribution in [-0.4, -0.2) is 39.8 Å². The summed E-state index contributed by atoms with van der Waals surface area (Å²) < 4.78 is 6.36. The molecule has 196 valence electrons. The number of hydrogen-bond donors (Lipinski definition) is 2. The van der Waals surface area contributed by atoms with Crippen LogP contribution in [0, 0.1) is 16.7 Å². The number of benzene rings is 1. The first-order valence-corrected chi connectivity index (χ1v) is 13.5. The van der Waals surface area contributed by atoms with E-state index in [1.807, 2.05) is 17.2 Å². The number of aryl methyl sites for hydroxylation is 1. The second-order valence-corrected chi connectivity index (χ2v) is 13.8. The van der Waals surface area contributed by atoms with Crippen molar-refractivity contribution in [1.29, 1.82) is 0 Å². The predicted molar refractivity (Wildman–Crippen MR) is 140 cm³/mol. The van der Waals surface area contributed by atoms with E-state index in [2.05, 4.69) is 59.0 Å². The van der Waals surface area contributed by atoms with Gasteiger partial charge in [0.1, 0.15) is 5.54 Å². The molecule has 3 aliphatic carbocycles. The van der Waals surface area contributed by atoms with Crippen LogP contribution in [0.2, 0.25) is 5.02 Å². The average Bonchev–Trinajstić information content (AvgIpc) is 3.33. The summed E-state index contributed by atoms with van der Waals surface area (Å²) in [6, 6.07) is 5.96. The van der Waals surface area contributed by atoms with Crippen molar-refractivity contribution >= 4 is 23.6 Å². The van der Waals surface area contributed by atoms with Gasteiger partial charge in [-0.15, -0.1) is 0 Å². The number of urea groups is 1. The molecule has 1 aromatic carbocycles. The van der Waals surface area contributed by atoms with E-state index in [9.17, 15) is 14.7 Å². The second kappa shape index (κ2) is 7.97. The van der Waals surface area contributed by atoms with E-state index < -0.39 is 28.1 Å². The van der Waals surface area contributed by atoms with Gasteiger partial charge in [-0.3, -0.25) is 9.69 Å². The van der Waals surface area contributed by atoms with Crippen molar-refractivity contribution in [2.75, 3.05) is 6.61 Å². The Hall–Kier alpha value is -2.05. The normalized spacial score (nSPS) is 35.0. The molecule has 36 heavy (non-hydrogen) atoms. The zero-order chi connectivity index (χ0) is 26.3. The maximum absolute atomic E-state index is 13.7. The number of fused-ring (bicyclic) bond motifs is 2. The number of halogens is 1. The number of aliphatic carboxylic acids is 1. The molecule has 4 fully saturated rings. The molecule has 1 aromatic rings. The molecule has 3 saturated carbocycles. The Morgan fingerprint density at radius 1 is 1.25 bits per heavy atom. The van der Waals surface area contributed by atoms with Gasteiger partial charge in [0.15, 0.2) is 0 Å². The Balaban J connectivity index is 1.53. The van der Waals surface area contributed by atoms with Gasteiger partial charge in [0.2, 0.25) is 0 Å². The number of nitrogens with one attached hydrogen (secondary N) is 1. The summed E-state index contributed by atoms with van der Waals surface area (Å²) >= 11 is 6.80. The Kier molecular flexibility index (Phi) is 5.67. The molecule has 2 N–H and O–H groups in total.